The number of hydrogen-bond donors (Lipinski definition) is 1. The molecule has 0 aliphatic heterocycles. The number of anilines is 1. The molecule has 0 unspecified atom stereocenters. The van der Waals surface area contributed by atoms with E-state index in [0.717, 1.165) is 11.3 Å². The molecular weight excluding hydrogens is 328 g/mol. The summed E-state index contributed by atoms with van der Waals surface area (Å²) in [5.74, 6) is 0.610. The molecule has 1 N–H and O–H groups in total. The number of nitrogens with one attached hydrogen (secondary N) is 1. The molecule has 1 aromatic carbocycles. The number of nitrogens with zero attached hydrogens (tertiary/aromatic N) is 3. The smallest absolute Gasteiger partial charge is 0.252 e. The molecule has 24 heavy (non-hydrogen) atoms. The normalized spacial score (nSPS) is 10.7. The van der Waals surface area contributed by atoms with Gasteiger partial charge < -0.3 is 9.26 Å². The maximum atomic E-state index is 11.8. The quantitative estimate of drug-likeness (QED) is 0.708. The highest BCUT2D eigenvalue weighted by molar-refractivity contribution is 7.15. The predicted octanol–water partition coefficient (Wildman–Crippen LogP) is 2.58. The Morgan fingerprint density at radius 2 is 2.17 bits per heavy atom. The van der Waals surface area contributed by atoms with Crippen molar-refractivity contribution < 1.29 is 14.1 Å². The minimum absolute atomic E-state index is 0.102. The lowest BCUT2D eigenvalue weighted by Gasteiger charge is -2.01. The Morgan fingerprint density at radius 1 is 1.33 bits per heavy atom. The van der Waals surface area contributed by atoms with Crippen LogP contribution in [-0.4, -0.2) is 27.6 Å². The van der Waals surface area contributed by atoms with Gasteiger partial charge in [0.1, 0.15) is 13.2 Å². The number of rotatable bonds is 7. The molecule has 0 saturated heterocycles. The van der Waals surface area contributed by atoms with Crippen molar-refractivity contribution in [2.45, 2.75) is 20.0 Å². The molecule has 124 valence electrons. The summed E-state index contributed by atoms with van der Waals surface area (Å²) in [5.41, 5.74) is 1.21. The molecule has 2 heterocycles. The Hall–Kier alpha value is -2.58. The molecule has 0 atom stereocenters. The fraction of sp³-hybridized carbons (Fsp3) is 0.250. The minimum atomic E-state index is -0.271. The number of carbonyl (C=O) groups excluding carboxylic acids is 1. The molecule has 0 radical (unpaired) electrons. The van der Waals surface area contributed by atoms with E-state index in [-0.39, 0.29) is 19.1 Å². The average molecular weight is 344 g/mol. The second kappa shape index (κ2) is 7.80. The molecule has 0 spiro atoms. The Kier molecular flexibility index (Phi) is 5.29. The molecule has 8 heteroatoms. The highest BCUT2D eigenvalue weighted by Gasteiger charge is 2.09. The van der Waals surface area contributed by atoms with Crippen molar-refractivity contribution >= 4 is 22.4 Å². The first-order valence-corrected chi connectivity index (χ1v) is 8.16. The number of amides is 1. The molecule has 0 bridgehead atoms. The van der Waals surface area contributed by atoms with Crippen LogP contribution < -0.4 is 5.32 Å². The third-order valence-corrected chi connectivity index (χ3v) is 3.96. The number of benzene rings is 1. The van der Waals surface area contributed by atoms with E-state index >= 15 is 0 Å². The van der Waals surface area contributed by atoms with Crippen molar-refractivity contribution in [3.8, 4) is 0 Å². The van der Waals surface area contributed by atoms with E-state index in [1.807, 2.05) is 18.2 Å². The van der Waals surface area contributed by atoms with Gasteiger partial charge in [-0.2, -0.15) is 4.98 Å². The second-order valence-electron chi connectivity index (χ2n) is 5.07. The molecule has 3 rings (SSSR count). The van der Waals surface area contributed by atoms with Gasteiger partial charge in [0.2, 0.25) is 0 Å². The lowest BCUT2D eigenvalue weighted by molar-refractivity contribution is -0.121. The largest absolute Gasteiger partial charge is 0.362 e. The molecule has 3 aromatic rings. The SMILES string of the molecule is Cc1noc(COCC(=O)Nc2ncc(Cc3ccccc3)s2)n1. The van der Waals surface area contributed by atoms with E-state index in [4.69, 9.17) is 9.26 Å². The third-order valence-electron chi connectivity index (χ3n) is 3.05. The highest BCUT2D eigenvalue weighted by Crippen LogP contribution is 2.21. The summed E-state index contributed by atoms with van der Waals surface area (Å²) in [6.07, 6.45) is 2.57. The molecule has 0 aliphatic carbocycles. The van der Waals surface area contributed by atoms with Gasteiger partial charge in [-0.05, 0) is 12.5 Å². The summed E-state index contributed by atoms with van der Waals surface area (Å²) in [6.45, 7) is 1.72. The van der Waals surface area contributed by atoms with Gasteiger partial charge in [0.15, 0.2) is 11.0 Å². The molecule has 1 amide bonds. The second-order valence-corrected chi connectivity index (χ2v) is 6.19. The molecule has 7 nitrogen and oxygen atoms in total. The van der Waals surface area contributed by atoms with Crippen molar-refractivity contribution in [2.75, 3.05) is 11.9 Å². The summed E-state index contributed by atoms with van der Waals surface area (Å²) in [4.78, 5) is 21.1. The summed E-state index contributed by atoms with van der Waals surface area (Å²) in [6, 6.07) is 10.1. The van der Waals surface area contributed by atoms with Crippen LogP contribution in [0.15, 0.2) is 41.1 Å². The number of aromatic nitrogens is 3. The summed E-state index contributed by atoms with van der Waals surface area (Å²) in [5, 5.41) is 6.92. The third kappa shape index (κ3) is 4.71. The van der Waals surface area contributed by atoms with E-state index in [1.54, 1.807) is 13.1 Å². The van der Waals surface area contributed by atoms with Crippen LogP contribution in [0.2, 0.25) is 0 Å². The number of ether oxygens (including phenoxy) is 1. The molecular formula is C16H16N4O3S. The van der Waals surface area contributed by atoms with Crippen molar-refractivity contribution in [1.29, 1.82) is 0 Å². The van der Waals surface area contributed by atoms with Gasteiger partial charge in [-0.25, -0.2) is 4.98 Å². The van der Waals surface area contributed by atoms with Gasteiger partial charge in [-0.1, -0.05) is 35.5 Å². The van der Waals surface area contributed by atoms with Crippen LogP contribution >= 0.6 is 11.3 Å². The Morgan fingerprint density at radius 3 is 2.92 bits per heavy atom. The van der Waals surface area contributed by atoms with Gasteiger partial charge in [0.05, 0.1) is 0 Å². The van der Waals surface area contributed by atoms with E-state index < -0.39 is 0 Å². The van der Waals surface area contributed by atoms with Crippen LogP contribution in [0.1, 0.15) is 22.2 Å². The lowest BCUT2D eigenvalue weighted by Crippen LogP contribution is -2.18. The molecule has 2 aromatic heterocycles. The monoisotopic (exact) mass is 344 g/mol. The lowest BCUT2D eigenvalue weighted by atomic mass is 10.1. The number of carbonyl (C=O) groups is 1. The zero-order valence-electron chi connectivity index (χ0n) is 13.1. The summed E-state index contributed by atoms with van der Waals surface area (Å²) < 4.78 is 10.1. The number of thiazole rings is 1. The van der Waals surface area contributed by atoms with Gasteiger partial charge >= 0.3 is 0 Å². The van der Waals surface area contributed by atoms with Crippen LogP contribution in [0.25, 0.3) is 0 Å². The summed E-state index contributed by atoms with van der Waals surface area (Å²) >= 11 is 1.45. The fourth-order valence-electron chi connectivity index (χ4n) is 2.03. The van der Waals surface area contributed by atoms with Crippen molar-refractivity contribution in [1.82, 2.24) is 15.1 Å². The van der Waals surface area contributed by atoms with Crippen molar-refractivity contribution in [2.24, 2.45) is 0 Å². The molecule has 0 saturated carbocycles. The van der Waals surface area contributed by atoms with E-state index in [9.17, 15) is 4.79 Å². The van der Waals surface area contributed by atoms with E-state index in [1.165, 1.54) is 16.9 Å². The Balaban J connectivity index is 1.44. The standard InChI is InChI=1S/C16H16N4O3S/c1-11-18-15(23-20-11)10-22-9-14(21)19-16-17-8-13(24-16)7-12-5-3-2-4-6-12/h2-6,8H,7,9-10H2,1H3,(H,17,19,21). The van der Waals surface area contributed by atoms with Crippen LogP contribution in [-0.2, 0) is 22.6 Å². The van der Waals surface area contributed by atoms with Crippen LogP contribution in [0.5, 0.6) is 0 Å². The van der Waals surface area contributed by atoms with Crippen LogP contribution in [0, 0.1) is 6.92 Å². The van der Waals surface area contributed by atoms with Gasteiger partial charge in [-0.3, -0.25) is 10.1 Å². The van der Waals surface area contributed by atoms with Crippen molar-refractivity contribution in [3.63, 3.8) is 0 Å². The van der Waals surface area contributed by atoms with Crippen molar-refractivity contribution in [3.05, 3.63) is 58.7 Å². The first-order valence-electron chi connectivity index (χ1n) is 7.34. The predicted molar refractivity (Wildman–Crippen MR) is 88.7 cm³/mol. The Bertz CT molecular complexity index is 801. The first kappa shape index (κ1) is 16.3. The van der Waals surface area contributed by atoms with Crippen LogP contribution in [0.3, 0.4) is 0 Å². The van der Waals surface area contributed by atoms with E-state index in [0.29, 0.717) is 16.8 Å². The Labute approximate surface area is 142 Å². The zero-order valence-corrected chi connectivity index (χ0v) is 13.9. The van der Waals surface area contributed by atoms with Crippen LogP contribution in [0.4, 0.5) is 5.13 Å². The van der Waals surface area contributed by atoms with Gasteiger partial charge in [0.25, 0.3) is 11.8 Å². The highest BCUT2D eigenvalue weighted by atomic mass is 32.1. The number of aryl methyl sites for hydroxylation is 1. The topological polar surface area (TPSA) is 90.1 Å². The zero-order chi connectivity index (χ0) is 16.8. The first-order chi connectivity index (χ1) is 11.7. The fourth-order valence-corrected chi connectivity index (χ4v) is 2.89. The van der Waals surface area contributed by atoms with Gasteiger partial charge in [0, 0.05) is 17.5 Å². The summed E-state index contributed by atoms with van der Waals surface area (Å²) in [7, 11) is 0. The molecule has 0 fully saturated rings. The average Bonchev–Trinajstić information content (AvgIpc) is 3.17. The maximum absolute atomic E-state index is 11.8. The van der Waals surface area contributed by atoms with Gasteiger partial charge in [-0.15, -0.1) is 11.3 Å². The minimum Gasteiger partial charge on any atom is -0.362 e. The molecule has 0 aliphatic rings. The van der Waals surface area contributed by atoms with E-state index in [2.05, 4.69) is 32.6 Å². The number of hydrogen-bond acceptors (Lipinski definition) is 7. The maximum Gasteiger partial charge on any atom is 0.252 e.